The van der Waals surface area contributed by atoms with Gasteiger partial charge >= 0.3 is 0 Å². The Morgan fingerprint density at radius 3 is 2.76 bits per heavy atom. The molecule has 2 N–H and O–H groups in total. The van der Waals surface area contributed by atoms with Crippen LogP contribution in [0.2, 0.25) is 0 Å². The van der Waals surface area contributed by atoms with Crippen molar-refractivity contribution in [2.75, 3.05) is 0 Å². The molecule has 0 saturated heterocycles. The van der Waals surface area contributed by atoms with Gasteiger partial charge in [-0.3, -0.25) is 4.79 Å². The number of amides is 1. The summed E-state index contributed by atoms with van der Waals surface area (Å²) >= 11 is 2.87. The van der Waals surface area contributed by atoms with Crippen LogP contribution in [0.25, 0.3) is 0 Å². The molecule has 0 spiro atoms. The third kappa shape index (κ3) is 3.51. The summed E-state index contributed by atoms with van der Waals surface area (Å²) < 4.78 is 28.3. The first kappa shape index (κ1) is 20.5. The monoisotopic (exact) mass is 435 g/mol. The van der Waals surface area contributed by atoms with Gasteiger partial charge in [-0.25, -0.2) is 13.8 Å². The van der Waals surface area contributed by atoms with Crippen molar-refractivity contribution in [1.29, 1.82) is 0 Å². The average Bonchev–Trinajstić information content (AvgIpc) is 3.33. The van der Waals surface area contributed by atoms with Crippen LogP contribution < -0.4 is 5.73 Å². The summed E-state index contributed by atoms with van der Waals surface area (Å²) in [5.41, 5.74) is 7.43. The van der Waals surface area contributed by atoms with Gasteiger partial charge in [0.15, 0.2) is 4.87 Å². The Labute approximate surface area is 177 Å². The number of nitrogens with two attached hydrogens (primary N) is 1. The van der Waals surface area contributed by atoms with Crippen LogP contribution in [0.3, 0.4) is 0 Å². The Hall–Kier alpha value is -1.77. The zero-order valence-electron chi connectivity index (χ0n) is 16.3. The van der Waals surface area contributed by atoms with Crippen LogP contribution in [0.1, 0.15) is 49.1 Å². The minimum absolute atomic E-state index is 0.0673. The van der Waals surface area contributed by atoms with Crippen molar-refractivity contribution in [1.82, 2.24) is 5.01 Å². The standard InChI is InChI=1S/C21H23F2N3OS2/c1-3-12-9-10-28-18(12)21(4-2)26(20(27)17(24)13-5-6-13)25-19(29-21)15-11-14(22)7-8-16(15)23/h7-11,13,17H,3-6,24H2,1-2H3. The van der Waals surface area contributed by atoms with Crippen LogP contribution in [0.15, 0.2) is 34.7 Å². The maximum atomic E-state index is 14.5. The van der Waals surface area contributed by atoms with Gasteiger partial charge in [-0.05, 0) is 66.8 Å². The first-order valence-corrected chi connectivity index (χ1v) is 11.5. The third-order valence-electron chi connectivity index (χ3n) is 5.54. The average molecular weight is 436 g/mol. The lowest BCUT2D eigenvalue weighted by Gasteiger charge is -2.35. The van der Waals surface area contributed by atoms with E-state index in [4.69, 9.17) is 5.73 Å². The highest BCUT2D eigenvalue weighted by Crippen LogP contribution is 2.53. The van der Waals surface area contributed by atoms with Crippen LogP contribution in [0.5, 0.6) is 0 Å². The Kier molecular flexibility index (Phi) is 5.52. The molecule has 1 saturated carbocycles. The molecule has 1 aliphatic carbocycles. The fourth-order valence-corrected chi connectivity index (χ4v) is 6.38. The van der Waals surface area contributed by atoms with Crippen LogP contribution in [-0.2, 0) is 16.1 Å². The van der Waals surface area contributed by atoms with Crippen molar-refractivity contribution in [3.63, 3.8) is 0 Å². The maximum absolute atomic E-state index is 14.5. The lowest BCUT2D eigenvalue weighted by atomic mass is 10.0. The minimum atomic E-state index is -0.808. The van der Waals surface area contributed by atoms with Gasteiger partial charge in [0, 0.05) is 10.4 Å². The second-order valence-electron chi connectivity index (χ2n) is 7.41. The number of hydrogen-bond donors (Lipinski definition) is 1. The summed E-state index contributed by atoms with van der Waals surface area (Å²) in [5, 5.41) is 8.28. The maximum Gasteiger partial charge on any atom is 0.261 e. The molecule has 2 unspecified atom stereocenters. The third-order valence-corrected chi connectivity index (χ3v) is 8.28. The minimum Gasteiger partial charge on any atom is -0.320 e. The highest BCUT2D eigenvalue weighted by Gasteiger charge is 2.51. The second-order valence-corrected chi connectivity index (χ2v) is 9.59. The van der Waals surface area contributed by atoms with E-state index in [0.29, 0.717) is 11.5 Å². The molecular weight excluding hydrogens is 412 g/mol. The predicted molar refractivity (Wildman–Crippen MR) is 114 cm³/mol. The lowest BCUT2D eigenvalue weighted by Crippen LogP contribution is -2.49. The number of carbonyl (C=O) groups excluding carboxylic acids is 1. The number of thioether (sulfide) groups is 1. The van der Waals surface area contributed by atoms with Crippen molar-refractivity contribution in [3.8, 4) is 0 Å². The van der Waals surface area contributed by atoms with E-state index >= 15 is 0 Å². The van der Waals surface area contributed by atoms with Gasteiger partial charge in [0.05, 0.1) is 6.04 Å². The fourth-order valence-electron chi connectivity index (χ4n) is 3.67. The van der Waals surface area contributed by atoms with E-state index in [-0.39, 0.29) is 17.4 Å². The largest absolute Gasteiger partial charge is 0.320 e. The van der Waals surface area contributed by atoms with Gasteiger partial charge in [0.25, 0.3) is 5.91 Å². The Balaban J connectivity index is 1.83. The molecule has 154 valence electrons. The lowest BCUT2D eigenvalue weighted by molar-refractivity contribution is -0.136. The Bertz CT molecular complexity index is 973. The molecule has 1 aromatic heterocycles. The SMILES string of the molecule is CCc1ccsc1C1(CC)SC(c2cc(F)ccc2F)=NN1C(=O)C(N)C1CC1. The van der Waals surface area contributed by atoms with Crippen LogP contribution in [0.4, 0.5) is 8.78 Å². The highest BCUT2D eigenvalue weighted by atomic mass is 32.2. The molecule has 2 atom stereocenters. The molecule has 8 heteroatoms. The molecule has 4 rings (SSSR count). The number of thiophene rings is 1. The number of nitrogens with zero attached hydrogens (tertiary/aromatic N) is 2. The van der Waals surface area contributed by atoms with E-state index in [1.165, 1.54) is 16.8 Å². The summed E-state index contributed by atoms with van der Waals surface area (Å²) in [6.45, 7) is 4.04. The van der Waals surface area contributed by atoms with Gasteiger partial charge in [0.1, 0.15) is 16.7 Å². The normalized spacial score (nSPS) is 22.7. The molecule has 1 fully saturated rings. The smallest absolute Gasteiger partial charge is 0.261 e. The van der Waals surface area contributed by atoms with Gasteiger partial charge in [0.2, 0.25) is 0 Å². The molecule has 0 radical (unpaired) electrons. The molecule has 29 heavy (non-hydrogen) atoms. The molecule has 1 amide bonds. The van der Waals surface area contributed by atoms with Gasteiger partial charge < -0.3 is 5.73 Å². The quantitative estimate of drug-likeness (QED) is 0.707. The fraction of sp³-hybridized carbons (Fsp3) is 0.429. The summed E-state index contributed by atoms with van der Waals surface area (Å²) in [6.07, 6.45) is 3.24. The summed E-state index contributed by atoms with van der Waals surface area (Å²) in [4.78, 5) is 13.5. The first-order valence-electron chi connectivity index (χ1n) is 9.80. The van der Waals surface area contributed by atoms with Crippen LogP contribution in [0, 0.1) is 17.6 Å². The van der Waals surface area contributed by atoms with Crippen molar-refractivity contribution < 1.29 is 13.6 Å². The molecule has 1 aromatic carbocycles. The summed E-state index contributed by atoms with van der Waals surface area (Å²) in [7, 11) is 0. The number of benzene rings is 1. The Morgan fingerprint density at radius 1 is 1.34 bits per heavy atom. The van der Waals surface area contributed by atoms with Crippen LogP contribution in [-0.4, -0.2) is 22.0 Å². The van der Waals surface area contributed by atoms with Crippen molar-refractivity contribution >= 4 is 34.0 Å². The summed E-state index contributed by atoms with van der Waals surface area (Å²) in [6, 6.07) is 4.71. The van der Waals surface area contributed by atoms with Gasteiger partial charge in [-0.2, -0.15) is 5.10 Å². The number of aryl methyl sites for hydroxylation is 1. The number of halogens is 2. The van der Waals surface area contributed by atoms with E-state index in [0.717, 1.165) is 47.9 Å². The van der Waals surface area contributed by atoms with Crippen molar-refractivity contribution in [2.24, 2.45) is 16.8 Å². The number of hydrogen-bond acceptors (Lipinski definition) is 5. The Morgan fingerprint density at radius 2 is 2.10 bits per heavy atom. The molecular formula is C21H23F2N3OS2. The number of rotatable bonds is 6. The predicted octanol–water partition coefficient (Wildman–Crippen LogP) is 4.83. The van der Waals surface area contributed by atoms with E-state index in [9.17, 15) is 13.6 Å². The highest BCUT2D eigenvalue weighted by molar-refractivity contribution is 8.15. The molecule has 2 aromatic rings. The molecule has 4 nitrogen and oxygen atoms in total. The topological polar surface area (TPSA) is 58.7 Å². The zero-order chi connectivity index (χ0) is 20.8. The zero-order valence-corrected chi connectivity index (χ0v) is 18.0. The molecule has 0 bridgehead atoms. The number of hydrazone groups is 1. The first-order chi connectivity index (χ1) is 13.9. The molecule has 2 aliphatic rings. The molecule has 2 heterocycles. The van der Waals surface area contributed by atoms with Crippen molar-refractivity contribution in [2.45, 2.75) is 50.4 Å². The van der Waals surface area contributed by atoms with E-state index < -0.39 is 22.5 Å². The number of carbonyl (C=O) groups is 1. The van der Waals surface area contributed by atoms with Crippen molar-refractivity contribution in [3.05, 3.63) is 57.3 Å². The second kappa shape index (κ2) is 7.81. The van der Waals surface area contributed by atoms with Crippen LogP contribution >= 0.6 is 23.1 Å². The van der Waals surface area contributed by atoms with E-state index in [1.807, 2.05) is 18.4 Å². The van der Waals surface area contributed by atoms with E-state index in [2.05, 4.69) is 12.0 Å². The summed E-state index contributed by atoms with van der Waals surface area (Å²) in [5.74, 6) is -1.20. The molecule has 1 aliphatic heterocycles. The van der Waals surface area contributed by atoms with E-state index in [1.54, 1.807) is 11.3 Å². The van der Waals surface area contributed by atoms with Gasteiger partial charge in [-0.1, -0.05) is 25.6 Å². The van der Waals surface area contributed by atoms with Gasteiger partial charge in [-0.15, -0.1) is 11.3 Å².